The molecule has 0 aliphatic carbocycles. The number of carbonyl (C=O) groups excluding carboxylic acids is 1. The first kappa shape index (κ1) is 13.9. The fraction of sp³-hybridized carbons (Fsp3) is 0.462. The summed E-state index contributed by atoms with van der Waals surface area (Å²) in [6, 6.07) is 10.0. The third-order valence-corrected chi connectivity index (χ3v) is 3.03. The van der Waals surface area contributed by atoms with Gasteiger partial charge < -0.3 is 4.90 Å². The van der Waals surface area contributed by atoms with Crippen molar-refractivity contribution in [2.45, 2.75) is 32.6 Å². The van der Waals surface area contributed by atoms with E-state index in [-0.39, 0.29) is 6.03 Å². The molecule has 0 radical (unpaired) electrons. The van der Waals surface area contributed by atoms with Crippen LogP contribution in [0.15, 0.2) is 30.3 Å². The maximum Gasteiger partial charge on any atom is 0.327 e. The maximum atomic E-state index is 11.9. The predicted octanol–water partition coefficient (Wildman–Crippen LogP) is 3.27. The first-order chi connectivity index (χ1) is 8.13. The monoisotopic (exact) mass is 252 g/mol. The van der Waals surface area contributed by atoms with Crippen molar-refractivity contribution in [1.82, 2.24) is 9.62 Å². The number of carbonyl (C=O) groups is 1. The molecule has 0 heterocycles. The van der Waals surface area contributed by atoms with Crippen molar-refractivity contribution in [3.8, 4) is 0 Å². The summed E-state index contributed by atoms with van der Waals surface area (Å²) >= 11 is 1.45. The van der Waals surface area contributed by atoms with Crippen molar-refractivity contribution in [1.29, 1.82) is 0 Å². The van der Waals surface area contributed by atoms with E-state index in [2.05, 4.69) is 18.6 Å². The molecule has 0 aliphatic rings. The Morgan fingerprint density at radius 1 is 1.35 bits per heavy atom. The molecule has 0 bridgehead atoms. The number of rotatable bonds is 5. The lowest BCUT2D eigenvalue weighted by Gasteiger charge is -2.21. The fourth-order valence-electron chi connectivity index (χ4n) is 1.36. The highest BCUT2D eigenvalue weighted by Crippen LogP contribution is 2.08. The molecule has 4 heteroatoms. The molecule has 1 aromatic carbocycles. The van der Waals surface area contributed by atoms with Gasteiger partial charge in [0, 0.05) is 18.3 Å². The second kappa shape index (κ2) is 7.22. The van der Waals surface area contributed by atoms with Gasteiger partial charge in [0.05, 0.1) is 0 Å². The molecular weight excluding hydrogens is 232 g/mol. The van der Waals surface area contributed by atoms with Crippen LogP contribution in [0.3, 0.4) is 0 Å². The van der Waals surface area contributed by atoms with Crippen LogP contribution in [0.5, 0.6) is 0 Å². The first-order valence-corrected chi connectivity index (χ1v) is 6.76. The van der Waals surface area contributed by atoms with Gasteiger partial charge in [0.25, 0.3) is 0 Å². The summed E-state index contributed by atoms with van der Waals surface area (Å²) in [6.07, 6.45) is 0. The van der Waals surface area contributed by atoms with Gasteiger partial charge in [-0.05, 0) is 24.4 Å². The Kier molecular flexibility index (Phi) is 5.91. The van der Waals surface area contributed by atoms with Crippen LogP contribution >= 0.6 is 11.9 Å². The fourth-order valence-corrected chi connectivity index (χ4v) is 1.83. The van der Waals surface area contributed by atoms with Gasteiger partial charge in [-0.15, -0.1) is 0 Å². The Hall–Kier alpha value is -1.16. The van der Waals surface area contributed by atoms with Crippen molar-refractivity contribution in [2.75, 3.05) is 6.54 Å². The lowest BCUT2D eigenvalue weighted by Crippen LogP contribution is -2.36. The summed E-state index contributed by atoms with van der Waals surface area (Å²) in [6.45, 7) is 7.46. The zero-order valence-corrected chi connectivity index (χ0v) is 11.5. The highest BCUT2D eigenvalue weighted by atomic mass is 32.2. The van der Waals surface area contributed by atoms with E-state index < -0.39 is 0 Å². The molecule has 0 spiro atoms. The molecule has 0 saturated heterocycles. The zero-order chi connectivity index (χ0) is 12.7. The normalized spacial score (nSPS) is 10.4. The SMILES string of the molecule is CCN(Cc1ccccc1)C(=O)NSC(C)C. The molecule has 17 heavy (non-hydrogen) atoms. The molecule has 0 unspecified atom stereocenters. The number of hydrogen-bond acceptors (Lipinski definition) is 2. The third-order valence-electron chi connectivity index (χ3n) is 2.27. The van der Waals surface area contributed by atoms with Crippen molar-refractivity contribution in [3.63, 3.8) is 0 Å². The van der Waals surface area contributed by atoms with E-state index in [0.717, 1.165) is 5.56 Å². The van der Waals surface area contributed by atoms with Crippen molar-refractivity contribution in [2.24, 2.45) is 0 Å². The molecule has 1 N–H and O–H groups in total. The minimum atomic E-state index is -0.0185. The molecular formula is C13H20N2OS. The number of hydrogen-bond donors (Lipinski definition) is 1. The molecule has 0 fully saturated rings. The second-order valence-electron chi connectivity index (χ2n) is 4.07. The third kappa shape index (κ3) is 5.13. The van der Waals surface area contributed by atoms with Gasteiger partial charge in [-0.3, -0.25) is 4.72 Å². The van der Waals surface area contributed by atoms with Crippen LogP contribution < -0.4 is 4.72 Å². The Morgan fingerprint density at radius 3 is 2.53 bits per heavy atom. The highest BCUT2D eigenvalue weighted by molar-refractivity contribution is 7.98. The predicted molar refractivity (Wildman–Crippen MR) is 73.8 cm³/mol. The molecule has 1 rings (SSSR count). The highest BCUT2D eigenvalue weighted by Gasteiger charge is 2.12. The summed E-state index contributed by atoms with van der Waals surface area (Å²) < 4.78 is 2.86. The number of amides is 2. The molecule has 1 aromatic rings. The van der Waals surface area contributed by atoms with Crippen molar-refractivity contribution >= 4 is 18.0 Å². The van der Waals surface area contributed by atoms with E-state index in [1.165, 1.54) is 11.9 Å². The zero-order valence-electron chi connectivity index (χ0n) is 10.6. The molecule has 0 atom stereocenters. The molecule has 0 saturated carbocycles. The van der Waals surface area contributed by atoms with E-state index in [1.54, 1.807) is 4.90 Å². The topological polar surface area (TPSA) is 32.3 Å². The first-order valence-electron chi connectivity index (χ1n) is 5.88. The summed E-state index contributed by atoms with van der Waals surface area (Å²) in [5, 5.41) is 0.398. The Bertz CT molecular complexity index is 341. The molecule has 94 valence electrons. The summed E-state index contributed by atoms with van der Waals surface area (Å²) in [5.74, 6) is 0. The average Bonchev–Trinajstić information content (AvgIpc) is 2.34. The standard InChI is InChI=1S/C13H20N2OS/c1-4-15(13(16)14-17-11(2)3)10-12-8-6-5-7-9-12/h5-9,11H,4,10H2,1-3H3,(H,14,16). The minimum absolute atomic E-state index is 0.0185. The van der Waals surface area contributed by atoms with E-state index in [9.17, 15) is 4.79 Å². The molecule has 0 aliphatic heterocycles. The van der Waals surface area contributed by atoms with Gasteiger partial charge in [-0.25, -0.2) is 4.79 Å². The Morgan fingerprint density at radius 2 is 2.00 bits per heavy atom. The second-order valence-corrected chi connectivity index (χ2v) is 5.46. The Balaban J connectivity index is 2.51. The lowest BCUT2D eigenvalue weighted by atomic mass is 10.2. The van der Waals surface area contributed by atoms with E-state index >= 15 is 0 Å². The molecule has 3 nitrogen and oxygen atoms in total. The van der Waals surface area contributed by atoms with Crippen LogP contribution in [0, 0.1) is 0 Å². The van der Waals surface area contributed by atoms with Gasteiger partial charge in [0.15, 0.2) is 0 Å². The van der Waals surface area contributed by atoms with Gasteiger partial charge in [-0.2, -0.15) is 0 Å². The van der Waals surface area contributed by atoms with Crippen LogP contribution in [0.4, 0.5) is 4.79 Å². The van der Waals surface area contributed by atoms with Crippen molar-refractivity contribution < 1.29 is 4.79 Å². The van der Waals surface area contributed by atoms with Gasteiger partial charge >= 0.3 is 6.03 Å². The lowest BCUT2D eigenvalue weighted by molar-refractivity contribution is 0.205. The van der Waals surface area contributed by atoms with E-state index in [1.807, 2.05) is 37.3 Å². The van der Waals surface area contributed by atoms with Crippen molar-refractivity contribution in [3.05, 3.63) is 35.9 Å². The number of urea groups is 1. The number of benzene rings is 1. The number of nitrogens with one attached hydrogen (secondary N) is 1. The van der Waals surface area contributed by atoms with Gasteiger partial charge in [-0.1, -0.05) is 44.2 Å². The van der Waals surface area contributed by atoms with Crippen LogP contribution in [0.1, 0.15) is 26.3 Å². The molecule has 2 amide bonds. The van der Waals surface area contributed by atoms with Gasteiger partial charge in [0.2, 0.25) is 0 Å². The Labute approximate surface area is 108 Å². The molecule has 0 aromatic heterocycles. The summed E-state index contributed by atoms with van der Waals surface area (Å²) in [5.41, 5.74) is 1.15. The van der Waals surface area contributed by atoms with E-state index in [0.29, 0.717) is 18.3 Å². The minimum Gasteiger partial charge on any atom is -0.320 e. The van der Waals surface area contributed by atoms with Gasteiger partial charge in [0.1, 0.15) is 0 Å². The maximum absolute atomic E-state index is 11.9. The van der Waals surface area contributed by atoms with Crippen LogP contribution in [-0.2, 0) is 6.54 Å². The smallest absolute Gasteiger partial charge is 0.320 e. The van der Waals surface area contributed by atoms with Crippen LogP contribution in [0.2, 0.25) is 0 Å². The average molecular weight is 252 g/mol. The van der Waals surface area contributed by atoms with Crippen LogP contribution in [0.25, 0.3) is 0 Å². The largest absolute Gasteiger partial charge is 0.327 e. The van der Waals surface area contributed by atoms with E-state index in [4.69, 9.17) is 0 Å². The summed E-state index contributed by atoms with van der Waals surface area (Å²) in [4.78, 5) is 13.7. The quantitative estimate of drug-likeness (QED) is 0.816. The van der Waals surface area contributed by atoms with Crippen LogP contribution in [-0.4, -0.2) is 22.7 Å². The summed E-state index contributed by atoms with van der Waals surface area (Å²) in [7, 11) is 0. The number of nitrogens with zero attached hydrogens (tertiary/aromatic N) is 1.